The van der Waals surface area contributed by atoms with E-state index in [1.165, 1.54) is 13.0 Å². The fourth-order valence-electron chi connectivity index (χ4n) is 6.53. The average molecular weight is 573 g/mol. The Kier molecular flexibility index (Phi) is 7.02. The first kappa shape index (κ1) is 27.1. The fraction of sp³-hybridized carbons (Fsp3) is 0.483. The number of rotatable bonds is 5. The van der Waals surface area contributed by atoms with E-state index < -0.39 is 11.7 Å². The van der Waals surface area contributed by atoms with E-state index in [-0.39, 0.29) is 39.2 Å². The van der Waals surface area contributed by atoms with Gasteiger partial charge in [-0.05, 0) is 82.3 Å². The summed E-state index contributed by atoms with van der Waals surface area (Å²) in [5, 5.41) is 0.770. The van der Waals surface area contributed by atoms with Crippen molar-refractivity contribution in [2.24, 2.45) is 0 Å². The van der Waals surface area contributed by atoms with Gasteiger partial charge in [-0.2, -0.15) is 23.1 Å². The molecule has 0 atom stereocenters. The van der Waals surface area contributed by atoms with Crippen LogP contribution in [-0.2, 0) is 6.18 Å². The van der Waals surface area contributed by atoms with Crippen LogP contribution in [0.15, 0.2) is 30.4 Å². The van der Waals surface area contributed by atoms with Gasteiger partial charge in [-0.1, -0.05) is 23.8 Å². The Morgan fingerprint density at radius 2 is 1.70 bits per heavy atom. The van der Waals surface area contributed by atoms with Crippen molar-refractivity contribution in [3.05, 3.63) is 46.5 Å². The molecule has 0 bridgehead atoms. The molecule has 0 spiro atoms. The van der Waals surface area contributed by atoms with Crippen molar-refractivity contribution in [3.8, 4) is 17.3 Å². The molecule has 40 heavy (non-hydrogen) atoms. The van der Waals surface area contributed by atoms with Gasteiger partial charge in [0, 0.05) is 24.0 Å². The van der Waals surface area contributed by atoms with Gasteiger partial charge in [0.25, 0.3) is 0 Å². The molecule has 6 rings (SSSR count). The van der Waals surface area contributed by atoms with Crippen LogP contribution >= 0.6 is 11.6 Å². The summed E-state index contributed by atoms with van der Waals surface area (Å²) >= 11 is 6.68. The Balaban J connectivity index is 1.47. The minimum atomic E-state index is -4.64. The third-order valence-electron chi connectivity index (χ3n) is 8.40. The molecule has 3 aliphatic rings. The van der Waals surface area contributed by atoms with Crippen LogP contribution in [0, 0.1) is 6.92 Å². The third-order valence-corrected chi connectivity index (χ3v) is 8.71. The number of anilines is 2. The number of nitrogens with zero attached hydrogens (tertiary/aromatic N) is 5. The van der Waals surface area contributed by atoms with Crippen molar-refractivity contribution in [1.82, 2.24) is 19.9 Å². The van der Waals surface area contributed by atoms with E-state index in [9.17, 15) is 13.2 Å². The predicted molar refractivity (Wildman–Crippen MR) is 151 cm³/mol. The molecule has 5 heterocycles. The standard InChI is InChI=1S/C29H32ClF3N6O/c1-18-14-23(34)36-25(24(18)29(31,32)33)19-16-22-20(15-21(19)30)26(38-10-4-2-3-5-11-38)37-27(35-22)40-17-28-8-6-12-39(28)13-7-9-28/h2-3,14-16H,4-13,17H2,1H3,(H2,34,36). The lowest BCUT2D eigenvalue weighted by molar-refractivity contribution is -0.137. The number of ether oxygens (including phenoxy) is 1. The van der Waals surface area contributed by atoms with Crippen molar-refractivity contribution >= 4 is 34.1 Å². The molecule has 7 nitrogen and oxygen atoms in total. The van der Waals surface area contributed by atoms with E-state index in [4.69, 9.17) is 32.0 Å². The van der Waals surface area contributed by atoms with E-state index in [0.29, 0.717) is 23.3 Å². The Bertz CT molecular complexity index is 1460. The van der Waals surface area contributed by atoms with Crippen LogP contribution in [0.1, 0.15) is 49.7 Å². The summed E-state index contributed by atoms with van der Waals surface area (Å²) in [6.07, 6.45) is 5.79. The maximum atomic E-state index is 14.2. The number of nitrogen functional groups attached to an aromatic ring is 1. The molecule has 0 unspecified atom stereocenters. The highest BCUT2D eigenvalue weighted by molar-refractivity contribution is 6.34. The minimum absolute atomic E-state index is 0.000777. The minimum Gasteiger partial charge on any atom is -0.461 e. The van der Waals surface area contributed by atoms with Crippen LogP contribution in [0.5, 0.6) is 6.01 Å². The average Bonchev–Trinajstić information content (AvgIpc) is 3.35. The van der Waals surface area contributed by atoms with Gasteiger partial charge in [0.15, 0.2) is 0 Å². The molecule has 0 amide bonds. The van der Waals surface area contributed by atoms with Gasteiger partial charge in [0.1, 0.15) is 18.2 Å². The zero-order valence-electron chi connectivity index (χ0n) is 22.4. The SMILES string of the molecule is Cc1cc(N)nc(-c2cc3nc(OCC45CCCN4CCC5)nc(N4CCC=CCC4)c3cc2Cl)c1C(F)(F)F. The molecule has 2 aromatic heterocycles. The number of benzene rings is 1. The topological polar surface area (TPSA) is 80.4 Å². The van der Waals surface area contributed by atoms with E-state index in [1.54, 1.807) is 12.1 Å². The predicted octanol–water partition coefficient (Wildman–Crippen LogP) is 6.42. The van der Waals surface area contributed by atoms with Gasteiger partial charge in [-0.3, -0.25) is 4.90 Å². The van der Waals surface area contributed by atoms with Crippen molar-refractivity contribution in [1.29, 1.82) is 0 Å². The summed E-state index contributed by atoms with van der Waals surface area (Å²) in [6, 6.07) is 4.63. The van der Waals surface area contributed by atoms with Crippen LogP contribution in [0.4, 0.5) is 24.8 Å². The molecule has 2 saturated heterocycles. The molecule has 2 N–H and O–H groups in total. The van der Waals surface area contributed by atoms with Crippen molar-refractivity contribution in [2.75, 3.05) is 43.4 Å². The van der Waals surface area contributed by atoms with Crippen LogP contribution in [0.3, 0.4) is 0 Å². The van der Waals surface area contributed by atoms with Gasteiger partial charge in [0.2, 0.25) is 0 Å². The molecule has 0 aliphatic carbocycles. The molecule has 1 aromatic carbocycles. The molecule has 0 radical (unpaired) electrons. The molecule has 3 aliphatic heterocycles. The van der Waals surface area contributed by atoms with Crippen molar-refractivity contribution in [2.45, 2.75) is 57.2 Å². The molecule has 3 aromatic rings. The summed E-state index contributed by atoms with van der Waals surface area (Å²) < 4.78 is 48.8. The second kappa shape index (κ2) is 10.4. The molecule has 11 heteroatoms. The van der Waals surface area contributed by atoms with Gasteiger partial charge >= 0.3 is 12.2 Å². The lowest BCUT2D eigenvalue weighted by Crippen LogP contribution is -2.43. The van der Waals surface area contributed by atoms with E-state index in [2.05, 4.69) is 26.9 Å². The van der Waals surface area contributed by atoms with Crippen LogP contribution in [-0.4, -0.2) is 58.2 Å². The Hall–Kier alpha value is -3.11. The van der Waals surface area contributed by atoms with Crippen molar-refractivity contribution in [3.63, 3.8) is 0 Å². The number of halogens is 4. The molecular weight excluding hydrogens is 541 g/mol. The molecule has 212 valence electrons. The van der Waals surface area contributed by atoms with Gasteiger partial charge in [-0.15, -0.1) is 0 Å². The van der Waals surface area contributed by atoms with Crippen LogP contribution in [0.2, 0.25) is 5.02 Å². The number of pyridine rings is 1. The highest BCUT2D eigenvalue weighted by atomic mass is 35.5. The van der Waals surface area contributed by atoms with Crippen LogP contribution < -0.4 is 15.4 Å². The summed E-state index contributed by atoms with van der Waals surface area (Å²) in [6.45, 7) is 5.48. The Morgan fingerprint density at radius 3 is 2.38 bits per heavy atom. The molecule has 0 saturated carbocycles. The van der Waals surface area contributed by atoms with Gasteiger partial charge in [0.05, 0.1) is 27.3 Å². The smallest absolute Gasteiger partial charge is 0.418 e. The summed E-state index contributed by atoms with van der Waals surface area (Å²) in [4.78, 5) is 18.3. The van der Waals surface area contributed by atoms with Crippen LogP contribution in [0.25, 0.3) is 22.2 Å². The highest BCUT2D eigenvalue weighted by Crippen LogP contribution is 2.43. The number of nitrogens with two attached hydrogens (primary N) is 1. The number of aromatic nitrogens is 3. The summed E-state index contributed by atoms with van der Waals surface area (Å²) in [7, 11) is 0. The maximum absolute atomic E-state index is 14.2. The quantitative estimate of drug-likeness (QED) is 0.353. The highest BCUT2D eigenvalue weighted by Gasteiger charge is 2.45. The lowest BCUT2D eigenvalue weighted by atomic mass is 9.95. The molecule has 2 fully saturated rings. The monoisotopic (exact) mass is 572 g/mol. The summed E-state index contributed by atoms with van der Waals surface area (Å²) in [5.41, 5.74) is 5.24. The largest absolute Gasteiger partial charge is 0.461 e. The van der Waals surface area contributed by atoms with Gasteiger partial charge < -0.3 is 15.4 Å². The lowest BCUT2D eigenvalue weighted by Gasteiger charge is -2.31. The zero-order chi connectivity index (χ0) is 28.1. The second-order valence-corrected chi connectivity index (χ2v) is 11.4. The fourth-order valence-corrected chi connectivity index (χ4v) is 6.78. The van der Waals surface area contributed by atoms with Gasteiger partial charge in [-0.25, -0.2) is 4.98 Å². The Morgan fingerprint density at radius 1 is 1.00 bits per heavy atom. The first-order valence-electron chi connectivity index (χ1n) is 13.8. The first-order valence-corrected chi connectivity index (χ1v) is 14.2. The molecular formula is C29H32ClF3N6O. The summed E-state index contributed by atoms with van der Waals surface area (Å²) in [5.74, 6) is 0.648. The first-order chi connectivity index (χ1) is 19.1. The number of hydrogen-bond acceptors (Lipinski definition) is 7. The maximum Gasteiger partial charge on any atom is 0.418 e. The number of aryl methyl sites for hydroxylation is 1. The van der Waals surface area contributed by atoms with E-state index in [0.717, 1.165) is 64.7 Å². The third kappa shape index (κ3) is 4.96. The zero-order valence-corrected chi connectivity index (χ0v) is 23.2. The number of alkyl halides is 3. The number of hydrogen-bond donors (Lipinski definition) is 1. The Labute approximate surface area is 236 Å². The second-order valence-electron chi connectivity index (χ2n) is 11.0. The number of fused-ring (bicyclic) bond motifs is 2. The van der Waals surface area contributed by atoms with E-state index >= 15 is 0 Å². The normalized spacial score (nSPS) is 19.3. The van der Waals surface area contributed by atoms with Crippen molar-refractivity contribution < 1.29 is 17.9 Å². The van der Waals surface area contributed by atoms with E-state index in [1.807, 2.05) is 0 Å².